The SMILES string of the molecule is CCCCCC(C)(C)CNS(=O)(=O)C(C)CO. The van der Waals surface area contributed by atoms with Gasteiger partial charge >= 0.3 is 0 Å². The largest absolute Gasteiger partial charge is 0.395 e. The zero-order chi connectivity index (χ0) is 13.5. The summed E-state index contributed by atoms with van der Waals surface area (Å²) in [5, 5.41) is 8.11. The molecule has 0 saturated carbocycles. The predicted molar refractivity (Wildman–Crippen MR) is 71.4 cm³/mol. The van der Waals surface area contributed by atoms with Gasteiger partial charge in [0.15, 0.2) is 0 Å². The Balaban J connectivity index is 4.17. The molecule has 0 saturated heterocycles. The van der Waals surface area contributed by atoms with E-state index in [1.807, 2.05) is 0 Å². The molecule has 0 bridgehead atoms. The van der Waals surface area contributed by atoms with Gasteiger partial charge in [-0.15, -0.1) is 0 Å². The minimum absolute atomic E-state index is 0.0303. The van der Waals surface area contributed by atoms with Crippen molar-refractivity contribution in [1.82, 2.24) is 4.72 Å². The van der Waals surface area contributed by atoms with Crippen LogP contribution in [0.2, 0.25) is 0 Å². The molecular weight excluding hydrogens is 238 g/mol. The highest BCUT2D eigenvalue weighted by atomic mass is 32.2. The summed E-state index contributed by atoms with van der Waals surface area (Å²) >= 11 is 0. The summed E-state index contributed by atoms with van der Waals surface area (Å²) in [5.41, 5.74) is -0.0303. The molecule has 0 aromatic heterocycles. The van der Waals surface area contributed by atoms with Crippen molar-refractivity contribution in [2.24, 2.45) is 5.41 Å². The van der Waals surface area contributed by atoms with Gasteiger partial charge in [-0.2, -0.15) is 0 Å². The minimum Gasteiger partial charge on any atom is -0.395 e. The molecule has 104 valence electrons. The Kier molecular flexibility index (Phi) is 7.28. The number of nitrogens with one attached hydrogen (secondary N) is 1. The van der Waals surface area contributed by atoms with Crippen LogP contribution < -0.4 is 4.72 Å². The summed E-state index contributed by atoms with van der Waals surface area (Å²) < 4.78 is 25.9. The number of aliphatic hydroxyl groups excluding tert-OH is 1. The molecule has 5 heteroatoms. The molecule has 1 unspecified atom stereocenters. The molecule has 0 heterocycles. The van der Waals surface area contributed by atoms with E-state index in [1.165, 1.54) is 19.8 Å². The van der Waals surface area contributed by atoms with Crippen molar-refractivity contribution in [3.8, 4) is 0 Å². The molecule has 1 atom stereocenters. The fraction of sp³-hybridized carbons (Fsp3) is 1.00. The zero-order valence-electron chi connectivity index (χ0n) is 11.5. The lowest BCUT2D eigenvalue weighted by molar-refractivity contribution is 0.291. The second-order valence-corrected chi connectivity index (χ2v) is 7.66. The normalized spacial score (nSPS) is 14.9. The maximum atomic E-state index is 11.7. The first-order chi connectivity index (χ1) is 7.75. The summed E-state index contributed by atoms with van der Waals surface area (Å²) in [4.78, 5) is 0. The second-order valence-electron chi connectivity index (χ2n) is 5.48. The number of rotatable bonds is 9. The number of hydrogen-bond acceptors (Lipinski definition) is 3. The van der Waals surface area contributed by atoms with E-state index in [-0.39, 0.29) is 12.0 Å². The molecule has 0 rings (SSSR count). The number of unbranched alkanes of at least 4 members (excludes halogenated alkanes) is 2. The van der Waals surface area contributed by atoms with Crippen molar-refractivity contribution in [2.75, 3.05) is 13.2 Å². The minimum atomic E-state index is -3.37. The Bertz CT molecular complexity index is 299. The molecule has 0 amide bonds. The van der Waals surface area contributed by atoms with Crippen LogP contribution in [-0.2, 0) is 10.0 Å². The topological polar surface area (TPSA) is 66.4 Å². The average Bonchev–Trinajstić information content (AvgIpc) is 2.26. The standard InChI is InChI=1S/C12H27NO3S/c1-5-6-7-8-12(3,4)10-13-17(15,16)11(2)9-14/h11,13-14H,5-10H2,1-4H3. The van der Waals surface area contributed by atoms with Crippen LogP contribution >= 0.6 is 0 Å². The van der Waals surface area contributed by atoms with E-state index in [0.29, 0.717) is 6.54 Å². The number of aliphatic hydroxyl groups is 1. The molecule has 0 fully saturated rings. The van der Waals surface area contributed by atoms with E-state index in [0.717, 1.165) is 12.8 Å². The summed E-state index contributed by atoms with van der Waals surface area (Å²) in [6.45, 7) is 7.88. The van der Waals surface area contributed by atoms with Crippen molar-refractivity contribution in [3.63, 3.8) is 0 Å². The Labute approximate surface area is 106 Å². The number of hydrogen-bond donors (Lipinski definition) is 2. The van der Waals surface area contributed by atoms with Crippen molar-refractivity contribution in [1.29, 1.82) is 0 Å². The third kappa shape index (κ3) is 7.01. The van der Waals surface area contributed by atoms with E-state index in [4.69, 9.17) is 5.11 Å². The van der Waals surface area contributed by atoms with Crippen molar-refractivity contribution >= 4 is 10.0 Å². The van der Waals surface area contributed by atoms with Gasteiger partial charge in [0, 0.05) is 6.54 Å². The van der Waals surface area contributed by atoms with E-state index in [2.05, 4.69) is 25.5 Å². The maximum absolute atomic E-state index is 11.7. The van der Waals surface area contributed by atoms with E-state index in [1.54, 1.807) is 0 Å². The number of sulfonamides is 1. The van der Waals surface area contributed by atoms with E-state index < -0.39 is 15.3 Å². The van der Waals surface area contributed by atoms with Gasteiger partial charge in [0.1, 0.15) is 0 Å². The molecule has 4 nitrogen and oxygen atoms in total. The Hall–Kier alpha value is -0.130. The van der Waals surface area contributed by atoms with Crippen LogP contribution in [0.4, 0.5) is 0 Å². The van der Waals surface area contributed by atoms with Crippen molar-refractivity contribution in [2.45, 2.75) is 58.6 Å². The van der Waals surface area contributed by atoms with Crippen molar-refractivity contribution < 1.29 is 13.5 Å². The quantitative estimate of drug-likeness (QED) is 0.626. The smallest absolute Gasteiger partial charge is 0.216 e. The van der Waals surface area contributed by atoms with Crippen LogP contribution in [0.15, 0.2) is 0 Å². The first-order valence-electron chi connectivity index (χ1n) is 6.34. The first-order valence-corrected chi connectivity index (χ1v) is 7.89. The van der Waals surface area contributed by atoms with Crippen LogP contribution in [0.5, 0.6) is 0 Å². The van der Waals surface area contributed by atoms with Crippen LogP contribution in [0, 0.1) is 5.41 Å². The van der Waals surface area contributed by atoms with Crippen LogP contribution in [0.3, 0.4) is 0 Å². The van der Waals surface area contributed by atoms with Gasteiger partial charge in [0.2, 0.25) is 10.0 Å². The highest BCUT2D eigenvalue weighted by Gasteiger charge is 2.24. The highest BCUT2D eigenvalue weighted by Crippen LogP contribution is 2.23. The van der Waals surface area contributed by atoms with Gasteiger partial charge in [0.25, 0.3) is 0 Å². The van der Waals surface area contributed by atoms with E-state index >= 15 is 0 Å². The Morgan fingerprint density at radius 3 is 2.35 bits per heavy atom. The summed E-state index contributed by atoms with van der Waals surface area (Å²) in [5.74, 6) is 0. The predicted octanol–water partition coefficient (Wildman–Crippen LogP) is 1.89. The van der Waals surface area contributed by atoms with Gasteiger partial charge in [0.05, 0.1) is 11.9 Å². The van der Waals surface area contributed by atoms with Gasteiger partial charge in [-0.25, -0.2) is 13.1 Å². The summed E-state index contributed by atoms with van der Waals surface area (Å²) in [7, 11) is -3.37. The second kappa shape index (κ2) is 7.34. The van der Waals surface area contributed by atoms with Gasteiger partial charge in [-0.3, -0.25) is 0 Å². The Morgan fingerprint density at radius 2 is 1.88 bits per heavy atom. The highest BCUT2D eigenvalue weighted by molar-refractivity contribution is 7.90. The molecule has 0 aliphatic carbocycles. The zero-order valence-corrected chi connectivity index (χ0v) is 12.3. The molecule has 0 radical (unpaired) electrons. The first kappa shape index (κ1) is 16.9. The molecular formula is C12H27NO3S. The fourth-order valence-electron chi connectivity index (χ4n) is 1.48. The van der Waals surface area contributed by atoms with Crippen LogP contribution in [-0.4, -0.2) is 31.9 Å². The average molecular weight is 265 g/mol. The molecule has 17 heavy (non-hydrogen) atoms. The van der Waals surface area contributed by atoms with Crippen LogP contribution in [0.25, 0.3) is 0 Å². The fourth-order valence-corrected chi connectivity index (χ4v) is 2.55. The van der Waals surface area contributed by atoms with Gasteiger partial charge in [-0.05, 0) is 18.8 Å². The van der Waals surface area contributed by atoms with Crippen molar-refractivity contribution in [3.05, 3.63) is 0 Å². The molecule has 0 spiro atoms. The van der Waals surface area contributed by atoms with Crippen LogP contribution in [0.1, 0.15) is 53.4 Å². The molecule has 0 aromatic rings. The Morgan fingerprint density at radius 1 is 1.29 bits per heavy atom. The lowest BCUT2D eigenvalue weighted by Gasteiger charge is -2.25. The third-order valence-electron chi connectivity index (χ3n) is 3.00. The van der Waals surface area contributed by atoms with E-state index in [9.17, 15) is 8.42 Å². The molecule has 0 aliphatic heterocycles. The molecule has 0 aromatic carbocycles. The monoisotopic (exact) mass is 265 g/mol. The van der Waals surface area contributed by atoms with Gasteiger partial charge < -0.3 is 5.11 Å². The lowest BCUT2D eigenvalue weighted by atomic mass is 9.87. The lowest BCUT2D eigenvalue weighted by Crippen LogP contribution is -2.40. The van der Waals surface area contributed by atoms with Gasteiger partial charge in [-0.1, -0.05) is 40.0 Å². The summed E-state index contributed by atoms with van der Waals surface area (Å²) in [6, 6.07) is 0. The molecule has 2 N–H and O–H groups in total. The third-order valence-corrected chi connectivity index (χ3v) is 4.75. The molecule has 0 aliphatic rings. The maximum Gasteiger partial charge on any atom is 0.216 e. The summed E-state index contributed by atoms with van der Waals surface area (Å²) in [6.07, 6.45) is 4.49.